The molecule has 4 N–H and O–H groups in total. The largest absolute Gasteiger partial charge is 0.367 e. The van der Waals surface area contributed by atoms with E-state index >= 15 is 0 Å². The molecule has 2 heterocycles. The fourth-order valence-corrected chi connectivity index (χ4v) is 1.62. The van der Waals surface area contributed by atoms with Gasteiger partial charge in [-0.05, 0) is 26.3 Å². The lowest BCUT2D eigenvalue weighted by molar-refractivity contribution is 0.408. The molecule has 66 valence electrons. The Balaban J connectivity index is 2.28. The first-order chi connectivity index (χ1) is 5.71. The van der Waals surface area contributed by atoms with E-state index in [9.17, 15) is 0 Å². The summed E-state index contributed by atoms with van der Waals surface area (Å²) in [7, 11) is 0. The molecule has 1 aromatic heterocycles. The Morgan fingerprint density at radius 3 is 2.92 bits per heavy atom. The van der Waals surface area contributed by atoms with Gasteiger partial charge in [0.2, 0.25) is 5.95 Å². The van der Waals surface area contributed by atoms with Gasteiger partial charge < -0.3 is 11.1 Å². The summed E-state index contributed by atoms with van der Waals surface area (Å²) < 4.78 is 0. The number of nitrogens with one attached hydrogen (secondary N) is 2. The fraction of sp³-hybridized carbons (Fsp3) is 0.714. The molecule has 1 atom stereocenters. The third-order valence-corrected chi connectivity index (χ3v) is 2.39. The van der Waals surface area contributed by atoms with Crippen molar-refractivity contribution >= 4 is 5.95 Å². The molecule has 0 saturated carbocycles. The summed E-state index contributed by atoms with van der Waals surface area (Å²) in [6.45, 7) is 3.15. The van der Waals surface area contributed by atoms with E-state index in [1.54, 1.807) is 0 Å². The molecule has 5 heteroatoms. The lowest BCUT2D eigenvalue weighted by atomic mass is 10.00. The second kappa shape index (κ2) is 2.45. The molecule has 0 spiro atoms. The number of H-pyrrole nitrogens is 1. The quantitative estimate of drug-likeness (QED) is 0.549. The van der Waals surface area contributed by atoms with Gasteiger partial charge in [-0.1, -0.05) is 0 Å². The average Bonchev–Trinajstić information content (AvgIpc) is 2.59. The smallest absolute Gasteiger partial charge is 0.239 e. The van der Waals surface area contributed by atoms with Crippen molar-refractivity contribution in [2.75, 3.05) is 12.3 Å². The predicted molar refractivity (Wildman–Crippen MR) is 45.4 cm³/mol. The number of hydrogen-bond donors (Lipinski definition) is 3. The highest BCUT2D eigenvalue weighted by atomic mass is 15.3. The highest BCUT2D eigenvalue weighted by Crippen LogP contribution is 2.27. The summed E-state index contributed by atoms with van der Waals surface area (Å²) in [4.78, 5) is 4.11. The van der Waals surface area contributed by atoms with Gasteiger partial charge in [-0.3, -0.25) is 5.10 Å². The van der Waals surface area contributed by atoms with Crippen LogP contribution in [0.25, 0.3) is 0 Å². The van der Waals surface area contributed by atoms with Crippen molar-refractivity contribution in [1.82, 2.24) is 20.5 Å². The molecule has 1 unspecified atom stereocenters. The van der Waals surface area contributed by atoms with Gasteiger partial charge in [0.25, 0.3) is 0 Å². The Labute approximate surface area is 70.8 Å². The molecular formula is C7H13N5. The predicted octanol–water partition coefficient (Wildman–Crippen LogP) is -0.0145. The highest BCUT2D eigenvalue weighted by Gasteiger charge is 2.33. The minimum absolute atomic E-state index is 0.0510. The molecule has 12 heavy (non-hydrogen) atoms. The van der Waals surface area contributed by atoms with E-state index in [0.29, 0.717) is 5.95 Å². The van der Waals surface area contributed by atoms with Crippen molar-refractivity contribution in [2.24, 2.45) is 0 Å². The monoisotopic (exact) mass is 167 g/mol. The zero-order chi connectivity index (χ0) is 8.60. The van der Waals surface area contributed by atoms with Crippen LogP contribution in [-0.2, 0) is 5.54 Å². The number of anilines is 1. The van der Waals surface area contributed by atoms with Crippen LogP contribution in [0.2, 0.25) is 0 Å². The first-order valence-corrected chi connectivity index (χ1v) is 4.14. The van der Waals surface area contributed by atoms with Crippen LogP contribution >= 0.6 is 0 Å². The van der Waals surface area contributed by atoms with Crippen LogP contribution in [-0.4, -0.2) is 21.7 Å². The summed E-state index contributed by atoms with van der Waals surface area (Å²) in [5, 5.41) is 10.0. The molecule has 0 aromatic carbocycles. The molecule has 1 saturated heterocycles. The summed E-state index contributed by atoms with van der Waals surface area (Å²) in [6.07, 6.45) is 2.26. The number of hydrogen-bond acceptors (Lipinski definition) is 4. The summed E-state index contributed by atoms with van der Waals surface area (Å²) in [6, 6.07) is 0. The van der Waals surface area contributed by atoms with Crippen molar-refractivity contribution in [3.8, 4) is 0 Å². The maximum Gasteiger partial charge on any atom is 0.239 e. The van der Waals surface area contributed by atoms with Crippen LogP contribution in [0.4, 0.5) is 5.95 Å². The molecule has 0 aliphatic carbocycles. The number of nitrogens with two attached hydrogens (primary N) is 1. The van der Waals surface area contributed by atoms with Crippen molar-refractivity contribution in [1.29, 1.82) is 0 Å². The Kier molecular flexibility index (Phi) is 1.54. The van der Waals surface area contributed by atoms with Gasteiger partial charge in [0.1, 0.15) is 5.82 Å². The van der Waals surface area contributed by atoms with Crippen LogP contribution < -0.4 is 11.1 Å². The minimum atomic E-state index is -0.0510. The van der Waals surface area contributed by atoms with Gasteiger partial charge in [0.05, 0.1) is 5.54 Å². The molecule has 0 bridgehead atoms. The molecule has 5 nitrogen and oxygen atoms in total. The zero-order valence-electron chi connectivity index (χ0n) is 7.09. The maximum absolute atomic E-state index is 5.42. The molecule has 0 amide bonds. The van der Waals surface area contributed by atoms with E-state index < -0.39 is 0 Å². The third kappa shape index (κ3) is 1.06. The first kappa shape index (κ1) is 7.54. The Morgan fingerprint density at radius 1 is 1.58 bits per heavy atom. The Hall–Kier alpha value is -1.10. The molecule has 1 fully saturated rings. The molecule has 2 rings (SSSR count). The number of nitrogen functional groups attached to an aromatic ring is 1. The summed E-state index contributed by atoms with van der Waals surface area (Å²) in [5.41, 5.74) is 5.37. The van der Waals surface area contributed by atoms with Gasteiger partial charge in [0.15, 0.2) is 0 Å². The van der Waals surface area contributed by atoms with Gasteiger partial charge in [0, 0.05) is 0 Å². The van der Waals surface area contributed by atoms with E-state index in [-0.39, 0.29) is 5.54 Å². The Bertz CT molecular complexity index is 273. The number of nitrogens with zero attached hydrogens (tertiary/aromatic N) is 2. The van der Waals surface area contributed by atoms with Crippen LogP contribution in [0.5, 0.6) is 0 Å². The van der Waals surface area contributed by atoms with Gasteiger partial charge in [-0.15, -0.1) is 5.10 Å². The summed E-state index contributed by atoms with van der Waals surface area (Å²) in [5.74, 6) is 1.16. The van der Waals surface area contributed by atoms with E-state index in [2.05, 4.69) is 27.4 Å². The third-order valence-electron chi connectivity index (χ3n) is 2.39. The van der Waals surface area contributed by atoms with Gasteiger partial charge in [-0.2, -0.15) is 4.98 Å². The van der Waals surface area contributed by atoms with E-state index in [1.807, 2.05) is 0 Å². The summed E-state index contributed by atoms with van der Waals surface area (Å²) >= 11 is 0. The SMILES string of the molecule is CC1(c2nc(N)n[nH]2)CCCN1. The lowest BCUT2D eigenvalue weighted by Gasteiger charge is -2.20. The van der Waals surface area contributed by atoms with Crippen LogP contribution in [0.1, 0.15) is 25.6 Å². The van der Waals surface area contributed by atoms with Gasteiger partial charge in [-0.25, -0.2) is 0 Å². The number of aromatic amines is 1. The molecule has 1 aromatic rings. The minimum Gasteiger partial charge on any atom is -0.367 e. The lowest BCUT2D eigenvalue weighted by Crippen LogP contribution is -2.34. The topological polar surface area (TPSA) is 79.6 Å². The second-order valence-corrected chi connectivity index (χ2v) is 3.40. The molecule has 1 aliphatic rings. The molecule has 0 radical (unpaired) electrons. The van der Waals surface area contributed by atoms with Crippen LogP contribution in [0, 0.1) is 0 Å². The number of rotatable bonds is 1. The van der Waals surface area contributed by atoms with Crippen molar-refractivity contribution in [3.05, 3.63) is 5.82 Å². The van der Waals surface area contributed by atoms with Crippen molar-refractivity contribution in [2.45, 2.75) is 25.3 Å². The van der Waals surface area contributed by atoms with Gasteiger partial charge >= 0.3 is 0 Å². The number of aromatic nitrogens is 3. The van der Waals surface area contributed by atoms with Crippen LogP contribution in [0.15, 0.2) is 0 Å². The van der Waals surface area contributed by atoms with E-state index in [0.717, 1.165) is 18.8 Å². The van der Waals surface area contributed by atoms with Crippen molar-refractivity contribution < 1.29 is 0 Å². The standard InChI is InChI=1S/C7H13N5/c1-7(3-2-4-9-7)5-10-6(8)12-11-5/h9H,2-4H2,1H3,(H3,8,10,11,12). The molecule has 1 aliphatic heterocycles. The molecular weight excluding hydrogens is 154 g/mol. The average molecular weight is 167 g/mol. The van der Waals surface area contributed by atoms with E-state index in [1.165, 1.54) is 6.42 Å². The Morgan fingerprint density at radius 2 is 2.42 bits per heavy atom. The van der Waals surface area contributed by atoms with Crippen LogP contribution in [0.3, 0.4) is 0 Å². The fourth-order valence-electron chi connectivity index (χ4n) is 1.62. The highest BCUT2D eigenvalue weighted by molar-refractivity contribution is 5.17. The maximum atomic E-state index is 5.42. The second-order valence-electron chi connectivity index (χ2n) is 3.40. The van der Waals surface area contributed by atoms with E-state index in [4.69, 9.17) is 5.73 Å². The first-order valence-electron chi connectivity index (χ1n) is 4.14. The normalized spacial score (nSPS) is 29.4. The van der Waals surface area contributed by atoms with Crippen molar-refractivity contribution in [3.63, 3.8) is 0 Å². The zero-order valence-corrected chi connectivity index (χ0v) is 7.09.